The lowest BCUT2D eigenvalue weighted by molar-refractivity contribution is -0.122. The second-order valence-corrected chi connectivity index (χ2v) is 4.07. The van der Waals surface area contributed by atoms with Gasteiger partial charge in [-0.05, 0) is 11.6 Å². The van der Waals surface area contributed by atoms with Gasteiger partial charge in [0.05, 0.1) is 12.5 Å². The number of amides is 1. The molecule has 2 heterocycles. The number of hydrogen-bond donors (Lipinski definition) is 3. The topological polar surface area (TPSA) is 95.6 Å². The molecule has 1 atom stereocenters. The molecule has 1 unspecified atom stereocenters. The first-order chi connectivity index (χ1) is 8.84. The second-order valence-electron chi connectivity index (χ2n) is 4.07. The van der Waals surface area contributed by atoms with E-state index in [2.05, 4.69) is 31.3 Å². The Morgan fingerprint density at radius 3 is 3.17 bits per heavy atom. The number of anilines is 1. The second kappa shape index (κ2) is 4.44. The monoisotopic (exact) mass is 244 g/mol. The number of rotatable bonds is 3. The van der Waals surface area contributed by atoms with E-state index in [0.29, 0.717) is 12.4 Å². The van der Waals surface area contributed by atoms with E-state index < -0.39 is 0 Å². The quantitative estimate of drug-likeness (QED) is 0.707. The van der Waals surface area contributed by atoms with Crippen LogP contribution in [0.2, 0.25) is 0 Å². The maximum absolute atomic E-state index is 12.1. The first-order valence-corrected chi connectivity index (χ1v) is 5.67. The molecular weight excluding hydrogens is 232 g/mol. The van der Waals surface area contributed by atoms with Crippen molar-refractivity contribution in [2.75, 3.05) is 11.9 Å². The van der Waals surface area contributed by atoms with Gasteiger partial charge in [-0.3, -0.25) is 4.79 Å². The largest absolute Gasteiger partial charge is 0.384 e. The first kappa shape index (κ1) is 10.7. The summed E-state index contributed by atoms with van der Waals surface area (Å²) in [6.07, 6.45) is 0. The van der Waals surface area contributed by atoms with Crippen LogP contribution in [0.3, 0.4) is 0 Å². The van der Waals surface area contributed by atoms with Gasteiger partial charge in [0.15, 0.2) is 5.82 Å². The highest BCUT2D eigenvalue weighted by Gasteiger charge is 2.27. The van der Waals surface area contributed by atoms with Crippen molar-refractivity contribution >= 4 is 11.6 Å². The Morgan fingerprint density at radius 2 is 2.33 bits per heavy atom. The van der Waals surface area contributed by atoms with Gasteiger partial charge in [-0.1, -0.05) is 23.4 Å². The summed E-state index contributed by atoms with van der Waals surface area (Å²) in [5, 5.41) is 19.4. The molecule has 1 aliphatic heterocycles. The zero-order valence-electron chi connectivity index (χ0n) is 9.55. The number of tetrazole rings is 1. The van der Waals surface area contributed by atoms with Crippen molar-refractivity contribution in [1.29, 1.82) is 0 Å². The molecule has 0 bridgehead atoms. The number of H-pyrrole nitrogens is 1. The van der Waals surface area contributed by atoms with Gasteiger partial charge in [-0.15, -0.1) is 10.2 Å². The van der Waals surface area contributed by atoms with Crippen molar-refractivity contribution in [3.63, 3.8) is 0 Å². The molecule has 92 valence electrons. The van der Waals surface area contributed by atoms with E-state index in [4.69, 9.17) is 0 Å². The molecule has 1 aromatic heterocycles. The van der Waals surface area contributed by atoms with Crippen molar-refractivity contribution < 1.29 is 4.79 Å². The van der Waals surface area contributed by atoms with E-state index >= 15 is 0 Å². The van der Waals surface area contributed by atoms with Gasteiger partial charge in [0.1, 0.15) is 0 Å². The van der Waals surface area contributed by atoms with Crippen LogP contribution in [0.15, 0.2) is 24.3 Å². The molecular formula is C11H12N6O. The summed E-state index contributed by atoms with van der Waals surface area (Å²) in [6.45, 7) is 0.908. The number of carbonyl (C=O) groups is 1. The molecule has 1 aliphatic rings. The van der Waals surface area contributed by atoms with Gasteiger partial charge < -0.3 is 10.6 Å². The van der Waals surface area contributed by atoms with Crippen LogP contribution in [0.25, 0.3) is 0 Å². The summed E-state index contributed by atoms with van der Waals surface area (Å²) >= 11 is 0. The van der Waals surface area contributed by atoms with Crippen LogP contribution in [-0.4, -0.2) is 33.1 Å². The normalized spacial score (nSPS) is 17.0. The molecule has 1 aromatic carbocycles. The standard InChI is InChI=1S/C11H12N6O/c18-11(13-6-10-14-16-17-15-10)8-5-12-9-4-2-1-3-7(8)9/h1-4,8,12H,5-6H2,(H,13,18)(H,14,15,16,17). The van der Waals surface area contributed by atoms with E-state index in [1.807, 2.05) is 24.3 Å². The Labute approximate surface area is 103 Å². The summed E-state index contributed by atoms with van der Waals surface area (Å²) in [4.78, 5) is 12.1. The van der Waals surface area contributed by atoms with E-state index in [1.54, 1.807) is 0 Å². The van der Waals surface area contributed by atoms with Crippen molar-refractivity contribution in [2.24, 2.45) is 0 Å². The zero-order chi connectivity index (χ0) is 12.4. The van der Waals surface area contributed by atoms with Crippen molar-refractivity contribution in [2.45, 2.75) is 12.5 Å². The Kier molecular flexibility index (Phi) is 2.64. The predicted molar refractivity (Wildman–Crippen MR) is 63.7 cm³/mol. The molecule has 7 heteroatoms. The van der Waals surface area contributed by atoms with Gasteiger partial charge in [0.2, 0.25) is 5.91 Å². The van der Waals surface area contributed by atoms with Gasteiger partial charge in [-0.25, -0.2) is 0 Å². The van der Waals surface area contributed by atoms with Gasteiger partial charge in [0.25, 0.3) is 0 Å². The molecule has 0 spiro atoms. The van der Waals surface area contributed by atoms with Crippen molar-refractivity contribution in [3.8, 4) is 0 Å². The molecule has 0 radical (unpaired) electrons. The van der Waals surface area contributed by atoms with Crippen LogP contribution in [-0.2, 0) is 11.3 Å². The van der Waals surface area contributed by atoms with Crippen molar-refractivity contribution in [1.82, 2.24) is 25.9 Å². The van der Waals surface area contributed by atoms with Crippen LogP contribution < -0.4 is 10.6 Å². The molecule has 18 heavy (non-hydrogen) atoms. The number of aromatic nitrogens is 4. The van der Waals surface area contributed by atoms with Crippen LogP contribution in [0.4, 0.5) is 5.69 Å². The molecule has 1 amide bonds. The summed E-state index contributed by atoms with van der Waals surface area (Å²) in [5.41, 5.74) is 2.06. The summed E-state index contributed by atoms with van der Waals surface area (Å²) in [5.74, 6) is 0.285. The number of carbonyl (C=O) groups excluding carboxylic acids is 1. The lowest BCUT2D eigenvalue weighted by Gasteiger charge is -2.09. The van der Waals surface area contributed by atoms with Gasteiger partial charge in [0, 0.05) is 12.2 Å². The first-order valence-electron chi connectivity index (χ1n) is 5.67. The average molecular weight is 244 g/mol. The number of aromatic amines is 1. The maximum atomic E-state index is 12.1. The summed E-state index contributed by atoms with van der Waals surface area (Å²) in [6, 6.07) is 7.83. The molecule has 0 saturated carbocycles. The third-order valence-electron chi connectivity index (χ3n) is 2.96. The number of nitrogens with zero attached hydrogens (tertiary/aromatic N) is 3. The number of nitrogens with one attached hydrogen (secondary N) is 3. The van der Waals surface area contributed by atoms with Crippen LogP contribution in [0.1, 0.15) is 17.3 Å². The van der Waals surface area contributed by atoms with Gasteiger partial charge >= 0.3 is 0 Å². The average Bonchev–Trinajstić information content (AvgIpc) is 3.05. The highest BCUT2D eigenvalue weighted by atomic mass is 16.1. The predicted octanol–water partition coefficient (Wildman–Crippen LogP) is 0.0252. The van der Waals surface area contributed by atoms with Crippen LogP contribution >= 0.6 is 0 Å². The minimum absolute atomic E-state index is 0.0303. The Bertz CT molecular complexity index is 552. The lowest BCUT2D eigenvalue weighted by Crippen LogP contribution is -2.30. The number of benzene rings is 1. The minimum atomic E-state index is -0.159. The Morgan fingerprint density at radius 1 is 1.44 bits per heavy atom. The summed E-state index contributed by atoms with van der Waals surface area (Å²) in [7, 11) is 0. The zero-order valence-corrected chi connectivity index (χ0v) is 9.55. The molecule has 3 N–H and O–H groups in total. The fourth-order valence-electron chi connectivity index (χ4n) is 2.06. The van der Waals surface area contributed by atoms with E-state index in [9.17, 15) is 4.79 Å². The molecule has 0 aliphatic carbocycles. The Balaban J connectivity index is 1.67. The van der Waals surface area contributed by atoms with Crippen molar-refractivity contribution in [3.05, 3.63) is 35.7 Å². The molecule has 2 aromatic rings. The number of para-hydroxylation sites is 1. The molecule has 0 saturated heterocycles. The minimum Gasteiger partial charge on any atom is -0.384 e. The SMILES string of the molecule is O=C(NCc1nn[nH]n1)C1CNc2ccccc21. The molecule has 3 rings (SSSR count). The van der Waals surface area contributed by atoms with E-state index in [-0.39, 0.29) is 18.4 Å². The Hall–Kier alpha value is -2.44. The highest BCUT2D eigenvalue weighted by Crippen LogP contribution is 2.30. The fraction of sp³-hybridized carbons (Fsp3) is 0.273. The maximum Gasteiger partial charge on any atom is 0.229 e. The third-order valence-corrected chi connectivity index (χ3v) is 2.96. The summed E-state index contributed by atoms with van der Waals surface area (Å²) < 4.78 is 0. The smallest absolute Gasteiger partial charge is 0.229 e. The van der Waals surface area contributed by atoms with E-state index in [1.165, 1.54) is 0 Å². The third kappa shape index (κ3) is 1.90. The molecule has 7 nitrogen and oxygen atoms in total. The van der Waals surface area contributed by atoms with Crippen LogP contribution in [0.5, 0.6) is 0 Å². The number of hydrogen-bond acceptors (Lipinski definition) is 5. The number of fused-ring (bicyclic) bond motifs is 1. The lowest BCUT2D eigenvalue weighted by atomic mass is 10.0. The fourth-order valence-corrected chi connectivity index (χ4v) is 2.06. The highest BCUT2D eigenvalue weighted by molar-refractivity contribution is 5.88. The molecule has 0 fully saturated rings. The van der Waals surface area contributed by atoms with Gasteiger partial charge in [-0.2, -0.15) is 5.21 Å². The van der Waals surface area contributed by atoms with E-state index in [0.717, 1.165) is 11.3 Å². The van der Waals surface area contributed by atoms with Crippen LogP contribution in [0, 0.1) is 0 Å².